The molecule has 0 aromatic heterocycles. The highest BCUT2D eigenvalue weighted by Crippen LogP contribution is 2.58. The lowest BCUT2D eigenvalue weighted by Gasteiger charge is -2.32. The molecule has 3 aromatic carbocycles. The molecule has 1 aliphatic heterocycles. The van der Waals surface area contributed by atoms with E-state index in [0.29, 0.717) is 25.6 Å². The van der Waals surface area contributed by atoms with Crippen LogP contribution < -0.4 is 4.74 Å². The van der Waals surface area contributed by atoms with Gasteiger partial charge in [-0.3, -0.25) is 0 Å². The number of rotatable bonds is 8. The Bertz CT molecular complexity index is 1190. The van der Waals surface area contributed by atoms with Crippen LogP contribution in [0.25, 0.3) is 21.9 Å². The van der Waals surface area contributed by atoms with Crippen LogP contribution in [0.5, 0.6) is 11.5 Å². The molecule has 5 heteroatoms. The number of fused-ring (bicyclic) bond motifs is 6. The summed E-state index contributed by atoms with van der Waals surface area (Å²) in [7, 11) is 1.75. The molecule has 0 saturated carbocycles. The topological polar surface area (TPSA) is 47.9 Å². The van der Waals surface area contributed by atoms with E-state index in [1.165, 1.54) is 22.3 Å². The highest BCUT2D eigenvalue weighted by atomic mass is 32.2. The quantitative estimate of drug-likeness (QED) is 0.368. The van der Waals surface area contributed by atoms with Crippen molar-refractivity contribution < 1.29 is 19.3 Å². The largest absolute Gasteiger partial charge is 0.507 e. The first-order valence-electron chi connectivity index (χ1n) is 11.8. The molecule has 3 aromatic rings. The van der Waals surface area contributed by atoms with E-state index >= 15 is 0 Å². The first kappa shape index (κ1) is 22.6. The Morgan fingerprint density at radius 1 is 1.00 bits per heavy atom. The fraction of sp³-hybridized carbons (Fsp3) is 0.429. The average Bonchev–Trinajstić information content (AvgIpc) is 3.23. The number of hydrogen-bond acceptors (Lipinski definition) is 5. The fourth-order valence-electron chi connectivity index (χ4n) is 5.62. The molecule has 1 atom stereocenters. The van der Waals surface area contributed by atoms with Crippen molar-refractivity contribution in [3.63, 3.8) is 0 Å². The van der Waals surface area contributed by atoms with E-state index in [4.69, 9.17) is 14.2 Å². The minimum Gasteiger partial charge on any atom is -0.507 e. The number of aromatic hydroxyl groups is 1. The Morgan fingerprint density at radius 2 is 1.82 bits per heavy atom. The highest BCUT2D eigenvalue weighted by Gasteiger charge is 2.44. The Morgan fingerprint density at radius 3 is 2.61 bits per heavy atom. The maximum absolute atomic E-state index is 11.2. The van der Waals surface area contributed by atoms with Crippen LogP contribution in [0.2, 0.25) is 0 Å². The maximum atomic E-state index is 11.2. The molecular formula is C28H32O4S. The van der Waals surface area contributed by atoms with Gasteiger partial charge in [-0.25, -0.2) is 0 Å². The predicted molar refractivity (Wildman–Crippen MR) is 135 cm³/mol. The number of hydrogen-bond donors (Lipinski definition) is 1. The summed E-state index contributed by atoms with van der Waals surface area (Å²) < 4.78 is 17.5. The van der Waals surface area contributed by atoms with Crippen LogP contribution in [-0.4, -0.2) is 37.0 Å². The predicted octanol–water partition coefficient (Wildman–Crippen LogP) is 6.89. The summed E-state index contributed by atoms with van der Waals surface area (Å²) in [5.74, 6) is 1.23. The lowest BCUT2D eigenvalue weighted by Crippen LogP contribution is -2.28. The monoisotopic (exact) mass is 464 g/mol. The second-order valence-electron chi connectivity index (χ2n) is 9.44. The van der Waals surface area contributed by atoms with Crippen LogP contribution in [0.15, 0.2) is 47.4 Å². The van der Waals surface area contributed by atoms with Gasteiger partial charge in [-0.2, -0.15) is 0 Å². The van der Waals surface area contributed by atoms with Crippen LogP contribution in [0.1, 0.15) is 51.2 Å². The van der Waals surface area contributed by atoms with E-state index < -0.39 is 0 Å². The number of thioether (sulfide) groups is 1. The second kappa shape index (κ2) is 8.53. The van der Waals surface area contributed by atoms with Gasteiger partial charge in [0.2, 0.25) is 0 Å². The molecule has 2 aliphatic rings. The molecule has 5 rings (SSSR count). The average molecular weight is 465 g/mol. The normalized spacial score (nSPS) is 19.9. The third-order valence-corrected chi connectivity index (χ3v) is 8.06. The maximum Gasteiger partial charge on any atom is 0.153 e. The summed E-state index contributed by atoms with van der Waals surface area (Å²) in [6, 6.07) is 14.9. The molecule has 0 amide bonds. The van der Waals surface area contributed by atoms with Crippen molar-refractivity contribution in [1.82, 2.24) is 0 Å². The smallest absolute Gasteiger partial charge is 0.153 e. The van der Waals surface area contributed by atoms with Gasteiger partial charge < -0.3 is 19.3 Å². The molecule has 33 heavy (non-hydrogen) atoms. The van der Waals surface area contributed by atoms with E-state index in [0.717, 1.165) is 40.7 Å². The Hall–Kier alpha value is -2.21. The Kier molecular flexibility index (Phi) is 5.84. The summed E-state index contributed by atoms with van der Waals surface area (Å²) in [5, 5.41) is 13.2. The molecule has 0 saturated heterocycles. The first-order valence-corrected chi connectivity index (χ1v) is 12.6. The van der Waals surface area contributed by atoms with Gasteiger partial charge in [0.1, 0.15) is 11.5 Å². The third-order valence-electron chi connectivity index (χ3n) is 6.95. The molecule has 174 valence electrons. The fourth-order valence-corrected chi connectivity index (χ4v) is 6.66. The third kappa shape index (κ3) is 3.71. The van der Waals surface area contributed by atoms with Crippen molar-refractivity contribution in [2.24, 2.45) is 0 Å². The minimum absolute atomic E-state index is 0.223. The van der Waals surface area contributed by atoms with Gasteiger partial charge in [-0.05, 0) is 85.9 Å². The lowest BCUT2D eigenvalue weighted by molar-refractivity contribution is 0.125. The SMILES string of the molecule is CCOCCC1(CCCOC)c2ccccc2-c2c1cc(O)c1cc3c(cc21)OC(C)(C)S3. The van der Waals surface area contributed by atoms with Crippen molar-refractivity contribution >= 4 is 22.5 Å². The molecule has 0 fully saturated rings. The zero-order valence-corrected chi connectivity index (χ0v) is 20.7. The highest BCUT2D eigenvalue weighted by molar-refractivity contribution is 8.00. The van der Waals surface area contributed by atoms with Gasteiger partial charge in [-0.1, -0.05) is 36.0 Å². The van der Waals surface area contributed by atoms with Gasteiger partial charge >= 0.3 is 0 Å². The number of benzene rings is 3. The van der Waals surface area contributed by atoms with Crippen LogP contribution in [-0.2, 0) is 14.9 Å². The van der Waals surface area contributed by atoms with E-state index in [2.05, 4.69) is 50.2 Å². The number of phenols is 1. The summed E-state index contributed by atoms with van der Waals surface area (Å²) in [4.78, 5) is 0.773. The lowest BCUT2D eigenvalue weighted by atomic mass is 9.72. The summed E-state index contributed by atoms with van der Waals surface area (Å²) in [6.45, 7) is 8.28. The summed E-state index contributed by atoms with van der Waals surface area (Å²) >= 11 is 1.70. The number of ether oxygens (including phenoxy) is 3. The van der Waals surface area contributed by atoms with Gasteiger partial charge in [0.15, 0.2) is 4.93 Å². The van der Waals surface area contributed by atoms with Gasteiger partial charge in [-0.15, -0.1) is 0 Å². The van der Waals surface area contributed by atoms with Crippen LogP contribution >= 0.6 is 11.8 Å². The number of phenolic OH excluding ortho intramolecular Hbond substituents is 1. The molecular weight excluding hydrogens is 432 g/mol. The minimum atomic E-state index is -0.308. The van der Waals surface area contributed by atoms with Crippen molar-refractivity contribution in [2.45, 2.75) is 55.3 Å². The molecule has 0 bridgehead atoms. The summed E-state index contributed by atoms with van der Waals surface area (Å²) in [6.07, 6.45) is 2.74. The molecule has 0 radical (unpaired) electrons. The Labute approximate surface area is 200 Å². The van der Waals surface area contributed by atoms with Crippen molar-refractivity contribution in [3.8, 4) is 22.6 Å². The Balaban J connectivity index is 1.75. The molecule has 1 heterocycles. The van der Waals surface area contributed by atoms with Crippen LogP contribution in [0, 0.1) is 0 Å². The molecule has 4 nitrogen and oxygen atoms in total. The van der Waals surface area contributed by atoms with Crippen molar-refractivity contribution in [1.29, 1.82) is 0 Å². The van der Waals surface area contributed by atoms with Gasteiger partial charge in [0, 0.05) is 37.7 Å². The van der Waals surface area contributed by atoms with Crippen molar-refractivity contribution in [3.05, 3.63) is 53.6 Å². The zero-order valence-electron chi connectivity index (χ0n) is 19.9. The van der Waals surface area contributed by atoms with Gasteiger partial charge in [0.25, 0.3) is 0 Å². The second-order valence-corrected chi connectivity index (χ2v) is 11.1. The molecule has 0 spiro atoms. The molecule has 1 N–H and O–H groups in total. The van der Waals surface area contributed by atoms with Crippen LogP contribution in [0.4, 0.5) is 0 Å². The van der Waals surface area contributed by atoms with E-state index in [1.807, 2.05) is 13.0 Å². The molecule has 1 unspecified atom stereocenters. The van der Waals surface area contributed by atoms with Crippen molar-refractivity contribution in [2.75, 3.05) is 26.9 Å². The van der Waals surface area contributed by atoms with E-state index in [1.54, 1.807) is 18.9 Å². The molecule has 1 aliphatic carbocycles. The van der Waals surface area contributed by atoms with E-state index in [9.17, 15) is 5.11 Å². The van der Waals surface area contributed by atoms with E-state index in [-0.39, 0.29) is 10.3 Å². The zero-order chi connectivity index (χ0) is 23.2. The number of methoxy groups -OCH3 is 1. The standard InChI is InChI=1S/C28H32O4S/c1-5-31-14-12-28(11-8-13-30-4)21-10-7-6-9-18(21)26-20-15-24-25(33-27(2,3)32-24)16-19(20)23(29)17-22(26)28/h6-7,9-10,15-17,29H,5,8,11-14H2,1-4H3. The van der Waals surface area contributed by atoms with Crippen LogP contribution in [0.3, 0.4) is 0 Å². The van der Waals surface area contributed by atoms with Gasteiger partial charge in [0.05, 0.1) is 4.90 Å². The first-order chi connectivity index (χ1) is 15.9. The summed E-state index contributed by atoms with van der Waals surface area (Å²) in [5.41, 5.74) is 4.75.